The predicted octanol–water partition coefficient (Wildman–Crippen LogP) is 3.00. The molecule has 94 valence electrons. The molecule has 0 aromatic carbocycles. The van der Waals surface area contributed by atoms with E-state index in [1.165, 1.54) is 12.8 Å². The third kappa shape index (κ3) is 2.43. The molecule has 0 atom stereocenters. The van der Waals surface area contributed by atoms with Crippen LogP contribution < -0.4 is 5.56 Å². The molecule has 0 radical (unpaired) electrons. The molecule has 1 heterocycles. The van der Waals surface area contributed by atoms with Gasteiger partial charge in [0.1, 0.15) is 0 Å². The van der Waals surface area contributed by atoms with Gasteiger partial charge in [0.15, 0.2) is 0 Å². The highest BCUT2D eigenvalue weighted by Gasteiger charge is 2.29. The lowest BCUT2D eigenvalue weighted by Crippen LogP contribution is -2.33. The molecule has 1 aliphatic carbocycles. The lowest BCUT2D eigenvalue weighted by Gasteiger charge is -2.21. The van der Waals surface area contributed by atoms with Crippen LogP contribution in [0.5, 0.6) is 0 Å². The first-order chi connectivity index (χ1) is 7.80. The Morgan fingerprint density at radius 2 is 1.94 bits per heavy atom. The number of nitrogens with zero attached hydrogens (tertiary/aromatic N) is 2. The molecule has 0 bridgehead atoms. The van der Waals surface area contributed by atoms with Crippen molar-refractivity contribution in [2.75, 3.05) is 0 Å². The average molecular weight is 234 g/mol. The van der Waals surface area contributed by atoms with E-state index in [4.69, 9.17) is 0 Å². The molecule has 3 heteroatoms. The summed E-state index contributed by atoms with van der Waals surface area (Å²) in [4.78, 5) is 12.4. The largest absolute Gasteiger partial charge is 0.270 e. The van der Waals surface area contributed by atoms with E-state index in [1.54, 1.807) is 4.68 Å². The molecule has 0 amide bonds. The second kappa shape index (κ2) is 3.97. The van der Waals surface area contributed by atoms with E-state index < -0.39 is 0 Å². The molecule has 0 spiro atoms. The fraction of sp³-hybridized carbons (Fsp3) is 0.714. The van der Waals surface area contributed by atoms with Gasteiger partial charge in [-0.1, -0.05) is 20.8 Å². The summed E-state index contributed by atoms with van der Waals surface area (Å²) in [5.74, 6) is 0.585. The van der Waals surface area contributed by atoms with Crippen LogP contribution in [0, 0.1) is 0 Å². The fourth-order valence-electron chi connectivity index (χ4n) is 2.00. The predicted molar refractivity (Wildman–Crippen MR) is 69.6 cm³/mol. The van der Waals surface area contributed by atoms with E-state index in [0.717, 1.165) is 11.3 Å². The molecule has 3 nitrogen and oxygen atoms in total. The van der Waals surface area contributed by atoms with Crippen molar-refractivity contribution >= 4 is 0 Å². The highest BCUT2D eigenvalue weighted by atomic mass is 16.1. The van der Waals surface area contributed by atoms with Crippen molar-refractivity contribution in [2.45, 2.75) is 64.8 Å². The lowest BCUT2D eigenvalue weighted by molar-refractivity contribution is 0.470. The Labute approximate surface area is 103 Å². The van der Waals surface area contributed by atoms with Crippen molar-refractivity contribution in [3.8, 4) is 0 Å². The molecule has 0 unspecified atom stereocenters. The van der Waals surface area contributed by atoms with Crippen LogP contribution in [0.25, 0.3) is 0 Å². The van der Waals surface area contributed by atoms with Crippen LogP contribution in [0.3, 0.4) is 0 Å². The quantitative estimate of drug-likeness (QED) is 0.788. The number of hydrogen-bond donors (Lipinski definition) is 0. The topological polar surface area (TPSA) is 34.9 Å². The summed E-state index contributed by atoms with van der Waals surface area (Å²) in [5.41, 5.74) is 1.95. The first-order valence-electron chi connectivity index (χ1n) is 6.45. The van der Waals surface area contributed by atoms with Gasteiger partial charge in [0.25, 0.3) is 5.56 Å². The number of rotatable bonds is 2. The first-order valence-corrected chi connectivity index (χ1v) is 6.45. The highest BCUT2D eigenvalue weighted by Crippen LogP contribution is 2.39. The monoisotopic (exact) mass is 234 g/mol. The van der Waals surface area contributed by atoms with Gasteiger partial charge in [0, 0.05) is 11.5 Å². The van der Waals surface area contributed by atoms with Crippen LogP contribution in [0.2, 0.25) is 0 Å². The van der Waals surface area contributed by atoms with E-state index in [-0.39, 0.29) is 17.0 Å². The van der Waals surface area contributed by atoms with Crippen molar-refractivity contribution < 1.29 is 0 Å². The molecule has 0 saturated heterocycles. The third-order valence-electron chi connectivity index (χ3n) is 3.25. The number of aromatic nitrogens is 2. The van der Waals surface area contributed by atoms with Crippen LogP contribution in [-0.2, 0) is 5.41 Å². The standard InChI is InChI=1S/C14H22N2O/c1-9(2)16-13(17)11(14(3,4)5)8-12(15-16)10-6-7-10/h8-10H,6-7H2,1-5H3. The maximum Gasteiger partial charge on any atom is 0.270 e. The summed E-state index contributed by atoms with van der Waals surface area (Å²) in [6, 6.07) is 2.15. The fourth-order valence-corrected chi connectivity index (χ4v) is 2.00. The second-order valence-electron chi connectivity index (χ2n) is 6.35. The maximum atomic E-state index is 12.4. The average Bonchev–Trinajstić information content (AvgIpc) is 2.99. The number of hydrogen-bond acceptors (Lipinski definition) is 2. The maximum absolute atomic E-state index is 12.4. The summed E-state index contributed by atoms with van der Waals surface area (Å²) in [6.07, 6.45) is 2.43. The summed E-state index contributed by atoms with van der Waals surface area (Å²) in [7, 11) is 0. The van der Waals surface area contributed by atoms with E-state index in [0.29, 0.717) is 5.92 Å². The summed E-state index contributed by atoms with van der Waals surface area (Å²) >= 11 is 0. The van der Waals surface area contributed by atoms with Gasteiger partial charge in [-0.25, -0.2) is 4.68 Å². The van der Waals surface area contributed by atoms with Crippen LogP contribution in [-0.4, -0.2) is 9.78 Å². The molecular weight excluding hydrogens is 212 g/mol. The van der Waals surface area contributed by atoms with Crippen molar-refractivity contribution in [1.29, 1.82) is 0 Å². The van der Waals surface area contributed by atoms with E-state index in [9.17, 15) is 4.79 Å². The zero-order chi connectivity index (χ0) is 12.8. The summed E-state index contributed by atoms with van der Waals surface area (Å²) < 4.78 is 1.65. The SMILES string of the molecule is CC(C)n1nc(C2CC2)cc(C(C)(C)C)c1=O. The molecule has 1 aromatic rings. The van der Waals surface area contributed by atoms with E-state index in [2.05, 4.69) is 25.9 Å². The summed E-state index contributed by atoms with van der Waals surface area (Å²) in [6.45, 7) is 10.3. The van der Waals surface area contributed by atoms with Crippen molar-refractivity contribution in [1.82, 2.24) is 9.78 Å². The van der Waals surface area contributed by atoms with Gasteiger partial charge in [0.05, 0.1) is 11.7 Å². The first kappa shape index (κ1) is 12.3. The van der Waals surface area contributed by atoms with Gasteiger partial charge in [0.2, 0.25) is 0 Å². The van der Waals surface area contributed by atoms with Crippen molar-refractivity contribution in [3.63, 3.8) is 0 Å². The van der Waals surface area contributed by atoms with Crippen LogP contribution in [0.15, 0.2) is 10.9 Å². The normalized spacial score (nSPS) is 16.6. The van der Waals surface area contributed by atoms with E-state index in [1.807, 2.05) is 19.9 Å². The van der Waals surface area contributed by atoms with Crippen molar-refractivity contribution in [3.05, 3.63) is 27.7 Å². The molecule has 1 aliphatic rings. The van der Waals surface area contributed by atoms with Gasteiger partial charge < -0.3 is 0 Å². The Bertz CT molecular complexity index is 476. The minimum Gasteiger partial charge on any atom is -0.267 e. The second-order valence-corrected chi connectivity index (χ2v) is 6.35. The molecule has 0 N–H and O–H groups in total. The molecule has 2 rings (SSSR count). The minimum atomic E-state index is -0.111. The molecule has 1 fully saturated rings. The molecule has 1 aromatic heterocycles. The van der Waals surface area contributed by atoms with Gasteiger partial charge >= 0.3 is 0 Å². The van der Waals surface area contributed by atoms with Gasteiger partial charge in [-0.05, 0) is 38.2 Å². The Morgan fingerprint density at radius 1 is 1.35 bits per heavy atom. The van der Waals surface area contributed by atoms with E-state index >= 15 is 0 Å². The van der Waals surface area contributed by atoms with Gasteiger partial charge in [-0.15, -0.1) is 0 Å². The Morgan fingerprint density at radius 3 is 2.35 bits per heavy atom. The molecular formula is C14H22N2O. The molecule has 1 saturated carbocycles. The molecule has 17 heavy (non-hydrogen) atoms. The highest BCUT2D eigenvalue weighted by molar-refractivity contribution is 5.25. The smallest absolute Gasteiger partial charge is 0.267 e. The minimum absolute atomic E-state index is 0.0666. The van der Waals surface area contributed by atoms with Crippen molar-refractivity contribution in [2.24, 2.45) is 0 Å². The Kier molecular flexibility index (Phi) is 2.88. The Hall–Kier alpha value is -1.12. The van der Waals surface area contributed by atoms with Crippen LogP contribution in [0.4, 0.5) is 0 Å². The summed E-state index contributed by atoms with van der Waals surface area (Å²) in [5, 5.41) is 4.51. The zero-order valence-corrected chi connectivity index (χ0v) is 11.4. The third-order valence-corrected chi connectivity index (χ3v) is 3.25. The van der Waals surface area contributed by atoms with Crippen LogP contribution in [0.1, 0.15) is 70.7 Å². The van der Waals surface area contributed by atoms with Crippen LogP contribution >= 0.6 is 0 Å². The van der Waals surface area contributed by atoms with Gasteiger partial charge in [-0.2, -0.15) is 5.10 Å². The lowest BCUT2D eigenvalue weighted by atomic mass is 9.87. The Balaban J connectivity index is 2.61. The van der Waals surface area contributed by atoms with Gasteiger partial charge in [-0.3, -0.25) is 4.79 Å². The molecule has 0 aliphatic heterocycles. The zero-order valence-electron chi connectivity index (χ0n) is 11.4.